The molecule has 1 aliphatic heterocycles. The Labute approximate surface area is 94.1 Å². The van der Waals surface area contributed by atoms with E-state index in [9.17, 15) is 9.59 Å². The van der Waals surface area contributed by atoms with Gasteiger partial charge < -0.3 is 10.0 Å². The Morgan fingerprint density at radius 1 is 1.60 bits per heavy atom. The number of hydrogen-bond acceptors (Lipinski definition) is 5. The zero-order valence-corrected chi connectivity index (χ0v) is 9.25. The summed E-state index contributed by atoms with van der Waals surface area (Å²) in [5.41, 5.74) is 1.89. The molecule has 80 valence electrons. The van der Waals surface area contributed by atoms with Crippen LogP contribution in [0.4, 0.5) is 0 Å². The van der Waals surface area contributed by atoms with Crippen molar-refractivity contribution in [2.45, 2.75) is 6.04 Å². The smallest absolute Gasteiger partial charge is 0.327 e. The van der Waals surface area contributed by atoms with Crippen LogP contribution in [0.3, 0.4) is 0 Å². The highest BCUT2D eigenvalue weighted by Gasteiger charge is 2.35. The van der Waals surface area contributed by atoms with Gasteiger partial charge in [0.1, 0.15) is 11.7 Å². The molecule has 5 nitrogen and oxygen atoms in total. The molecule has 1 saturated heterocycles. The second-order valence-electron chi connectivity index (χ2n) is 3.00. The van der Waals surface area contributed by atoms with E-state index < -0.39 is 12.0 Å². The Hall–Kier alpha value is -1.08. The van der Waals surface area contributed by atoms with Crippen LogP contribution in [0.1, 0.15) is 10.5 Å². The molecule has 2 heterocycles. The monoisotopic (exact) mass is 244 g/mol. The topological polar surface area (TPSA) is 70.5 Å². The van der Waals surface area contributed by atoms with E-state index in [1.165, 1.54) is 28.0 Å². The average Bonchev–Trinajstić information content (AvgIpc) is 2.88. The molecule has 0 aliphatic carbocycles. The highest BCUT2D eigenvalue weighted by Crippen LogP contribution is 2.23. The third-order valence-electron chi connectivity index (χ3n) is 2.08. The minimum Gasteiger partial charge on any atom is -0.480 e. The Bertz CT molecular complexity index is 379. The van der Waals surface area contributed by atoms with E-state index in [1.807, 2.05) is 0 Å². The van der Waals surface area contributed by atoms with E-state index in [2.05, 4.69) is 4.98 Å². The average molecular weight is 244 g/mol. The van der Waals surface area contributed by atoms with Gasteiger partial charge in [0.25, 0.3) is 5.91 Å². The summed E-state index contributed by atoms with van der Waals surface area (Å²) in [6.45, 7) is 0. The summed E-state index contributed by atoms with van der Waals surface area (Å²) < 4.78 is 0. The third-order valence-corrected chi connectivity index (χ3v) is 3.68. The SMILES string of the molecule is O=C(O)C1CSCN1C(=O)c1cscn1. The summed E-state index contributed by atoms with van der Waals surface area (Å²) in [4.78, 5) is 27.9. The first kappa shape index (κ1) is 10.4. The van der Waals surface area contributed by atoms with Crippen molar-refractivity contribution in [1.29, 1.82) is 0 Å². The predicted molar refractivity (Wildman–Crippen MR) is 57.0 cm³/mol. The maximum absolute atomic E-state index is 11.8. The summed E-state index contributed by atoms with van der Waals surface area (Å²) in [5.74, 6) is -0.379. The fourth-order valence-electron chi connectivity index (χ4n) is 1.31. The van der Waals surface area contributed by atoms with Crippen LogP contribution >= 0.6 is 23.1 Å². The van der Waals surface area contributed by atoms with Crippen molar-refractivity contribution in [3.63, 3.8) is 0 Å². The molecule has 1 aliphatic rings. The van der Waals surface area contributed by atoms with Gasteiger partial charge in [0.05, 0.1) is 11.4 Å². The number of carbonyl (C=O) groups excluding carboxylic acids is 1. The van der Waals surface area contributed by atoms with Crippen molar-refractivity contribution >= 4 is 35.0 Å². The normalized spacial score (nSPS) is 20.5. The lowest BCUT2D eigenvalue weighted by molar-refractivity contribution is -0.140. The van der Waals surface area contributed by atoms with Crippen LogP contribution in [0.25, 0.3) is 0 Å². The standard InChI is InChI=1S/C8H8N2O3S2/c11-7(5-1-14-3-9-5)10-4-15-2-6(10)8(12)13/h1,3,6H,2,4H2,(H,12,13). The molecule has 0 aromatic carbocycles. The molecule has 0 radical (unpaired) electrons. The van der Waals surface area contributed by atoms with E-state index in [1.54, 1.807) is 10.9 Å². The third kappa shape index (κ3) is 1.98. The molecule has 1 atom stereocenters. The van der Waals surface area contributed by atoms with Gasteiger partial charge in [-0.2, -0.15) is 0 Å². The van der Waals surface area contributed by atoms with Gasteiger partial charge in [0.2, 0.25) is 0 Å². The Morgan fingerprint density at radius 3 is 3.00 bits per heavy atom. The van der Waals surface area contributed by atoms with Crippen LogP contribution in [0.5, 0.6) is 0 Å². The molecule has 1 unspecified atom stereocenters. The predicted octanol–water partition coefficient (Wildman–Crippen LogP) is 0.743. The molecule has 1 amide bonds. The summed E-state index contributed by atoms with van der Waals surface area (Å²) in [5, 5.41) is 10.5. The zero-order chi connectivity index (χ0) is 10.8. The zero-order valence-electron chi connectivity index (χ0n) is 7.62. The maximum Gasteiger partial charge on any atom is 0.327 e. The van der Waals surface area contributed by atoms with Crippen molar-refractivity contribution in [3.05, 3.63) is 16.6 Å². The first-order valence-electron chi connectivity index (χ1n) is 4.20. The minimum absolute atomic E-state index is 0.298. The maximum atomic E-state index is 11.8. The van der Waals surface area contributed by atoms with Crippen LogP contribution in [0.15, 0.2) is 10.9 Å². The molecule has 0 saturated carbocycles. The first-order chi connectivity index (χ1) is 7.20. The second-order valence-corrected chi connectivity index (χ2v) is 4.72. The lowest BCUT2D eigenvalue weighted by Gasteiger charge is -2.18. The first-order valence-corrected chi connectivity index (χ1v) is 6.29. The van der Waals surface area contributed by atoms with E-state index >= 15 is 0 Å². The van der Waals surface area contributed by atoms with E-state index in [0.29, 0.717) is 17.3 Å². The lowest BCUT2D eigenvalue weighted by atomic mass is 10.3. The molecule has 1 N–H and O–H groups in total. The van der Waals surface area contributed by atoms with Gasteiger partial charge in [0.15, 0.2) is 0 Å². The van der Waals surface area contributed by atoms with E-state index in [4.69, 9.17) is 5.11 Å². The molecule has 1 aromatic rings. The number of thioether (sulfide) groups is 1. The van der Waals surface area contributed by atoms with Gasteiger partial charge in [-0.15, -0.1) is 23.1 Å². The fourth-order valence-corrected chi connectivity index (χ4v) is 2.98. The summed E-state index contributed by atoms with van der Waals surface area (Å²) in [6, 6.07) is -0.718. The van der Waals surface area contributed by atoms with Crippen LogP contribution in [-0.2, 0) is 4.79 Å². The highest BCUT2D eigenvalue weighted by atomic mass is 32.2. The molecule has 0 bridgehead atoms. The van der Waals surface area contributed by atoms with Crippen molar-refractivity contribution in [3.8, 4) is 0 Å². The van der Waals surface area contributed by atoms with Gasteiger partial charge in [0, 0.05) is 11.1 Å². The number of hydrogen-bond donors (Lipinski definition) is 1. The molecule has 0 spiro atoms. The van der Waals surface area contributed by atoms with E-state index in [0.717, 1.165) is 0 Å². The fraction of sp³-hybridized carbons (Fsp3) is 0.375. The number of carbonyl (C=O) groups is 2. The number of thiazole rings is 1. The Kier molecular flexibility index (Phi) is 2.92. The molecular weight excluding hydrogens is 236 g/mol. The van der Waals surface area contributed by atoms with Gasteiger partial charge in [-0.05, 0) is 0 Å². The van der Waals surface area contributed by atoms with Gasteiger partial charge in [-0.3, -0.25) is 4.79 Å². The van der Waals surface area contributed by atoms with Gasteiger partial charge in [-0.1, -0.05) is 0 Å². The van der Waals surface area contributed by atoms with Crippen molar-refractivity contribution in [1.82, 2.24) is 9.88 Å². The van der Waals surface area contributed by atoms with Crippen LogP contribution in [0.2, 0.25) is 0 Å². The van der Waals surface area contributed by atoms with Crippen molar-refractivity contribution in [2.75, 3.05) is 11.6 Å². The number of nitrogens with zero attached hydrogens (tertiary/aromatic N) is 2. The van der Waals surface area contributed by atoms with Crippen LogP contribution < -0.4 is 0 Å². The second kappa shape index (κ2) is 4.19. The summed E-state index contributed by atoms with van der Waals surface area (Å²) >= 11 is 2.77. The summed E-state index contributed by atoms with van der Waals surface area (Å²) in [7, 11) is 0. The molecule has 15 heavy (non-hydrogen) atoms. The van der Waals surface area contributed by atoms with Crippen LogP contribution in [-0.4, -0.2) is 44.5 Å². The van der Waals surface area contributed by atoms with Crippen molar-refractivity contribution < 1.29 is 14.7 Å². The number of rotatable bonds is 2. The Morgan fingerprint density at radius 2 is 2.40 bits per heavy atom. The number of carboxylic acid groups (broad SMARTS) is 1. The minimum atomic E-state index is -0.955. The number of aromatic nitrogens is 1. The number of carboxylic acids is 1. The van der Waals surface area contributed by atoms with Crippen LogP contribution in [0, 0.1) is 0 Å². The quantitative estimate of drug-likeness (QED) is 0.831. The number of aliphatic carboxylic acids is 1. The van der Waals surface area contributed by atoms with Gasteiger partial charge in [-0.25, -0.2) is 9.78 Å². The number of amides is 1. The Balaban J connectivity index is 2.17. The largest absolute Gasteiger partial charge is 0.480 e. The molecule has 1 aromatic heterocycles. The molecule has 2 rings (SSSR count). The summed E-state index contributed by atoms with van der Waals surface area (Å²) in [6.07, 6.45) is 0. The van der Waals surface area contributed by atoms with Gasteiger partial charge >= 0.3 is 5.97 Å². The van der Waals surface area contributed by atoms with E-state index in [-0.39, 0.29) is 5.91 Å². The molecule has 7 heteroatoms. The highest BCUT2D eigenvalue weighted by molar-refractivity contribution is 7.99. The molecular formula is C8H8N2O3S2. The molecule has 1 fully saturated rings. The lowest BCUT2D eigenvalue weighted by Crippen LogP contribution is -2.41. The van der Waals surface area contributed by atoms with Crippen molar-refractivity contribution in [2.24, 2.45) is 0 Å².